The number of nitrogens with one attached hydrogen (secondary N) is 1. The summed E-state index contributed by atoms with van der Waals surface area (Å²) in [6, 6.07) is 8.73. The minimum Gasteiger partial charge on any atom is -0.493 e. The molecule has 1 aromatic rings. The fourth-order valence-corrected chi connectivity index (χ4v) is 2.73. The highest BCUT2D eigenvalue weighted by atomic mass is 16.5. The standard InChI is InChI=1S/C15H21N3O/c1-2-10-9-13(10)18-15(16)17-12-7-8-19-14-6-4-3-5-11(12)14/h3-6,10,12-13H,2,7-9H2,1H3,(H3,16,17,18)/t10-,12?,13-/m1/s1. The molecule has 4 heteroatoms. The lowest BCUT2D eigenvalue weighted by Gasteiger charge is -2.23. The maximum atomic E-state index is 6.02. The average Bonchev–Trinajstić information content (AvgIpc) is 3.17. The molecule has 1 heterocycles. The highest BCUT2D eigenvalue weighted by Gasteiger charge is 2.35. The van der Waals surface area contributed by atoms with Crippen molar-refractivity contribution in [1.82, 2.24) is 5.32 Å². The van der Waals surface area contributed by atoms with Crippen LogP contribution in [0.4, 0.5) is 0 Å². The number of para-hydroxylation sites is 1. The number of fused-ring (bicyclic) bond motifs is 1. The molecular weight excluding hydrogens is 238 g/mol. The van der Waals surface area contributed by atoms with E-state index >= 15 is 0 Å². The van der Waals surface area contributed by atoms with E-state index in [0.717, 1.165) is 23.7 Å². The van der Waals surface area contributed by atoms with Gasteiger partial charge in [0, 0.05) is 18.0 Å². The summed E-state index contributed by atoms with van der Waals surface area (Å²) in [5.41, 5.74) is 7.16. The molecule has 1 unspecified atom stereocenters. The van der Waals surface area contributed by atoms with Crippen LogP contribution in [-0.2, 0) is 0 Å². The quantitative estimate of drug-likeness (QED) is 0.646. The van der Waals surface area contributed by atoms with Gasteiger partial charge in [0.05, 0.1) is 12.6 Å². The van der Waals surface area contributed by atoms with E-state index in [-0.39, 0.29) is 6.04 Å². The maximum absolute atomic E-state index is 6.02. The van der Waals surface area contributed by atoms with Crippen LogP contribution in [0, 0.1) is 5.92 Å². The molecule has 4 nitrogen and oxygen atoms in total. The zero-order valence-corrected chi connectivity index (χ0v) is 11.3. The lowest BCUT2D eigenvalue weighted by Crippen LogP contribution is -2.35. The van der Waals surface area contributed by atoms with Gasteiger partial charge in [-0.05, 0) is 18.4 Å². The van der Waals surface area contributed by atoms with Crippen molar-refractivity contribution in [2.24, 2.45) is 16.6 Å². The molecule has 3 rings (SSSR count). The van der Waals surface area contributed by atoms with Crippen molar-refractivity contribution in [2.75, 3.05) is 6.61 Å². The van der Waals surface area contributed by atoms with Gasteiger partial charge in [-0.15, -0.1) is 0 Å². The third-order valence-corrected chi connectivity index (χ3v) is 4.00. The van der Waals surface area contributed by atoms with E-state index in [1.165, 1.54) is 12.8 Å². The van der Waals surface area contributed by atoms with E-state index in [1.54, 1.807) is 0 Å². The summed E-state index contributed by atoms with van der Waals surface area (Å²) in [6.07, 6.45) is 3.32. The van der Waals surface area contributed by atoms with E-state index in [2.05, 4.69) is 23.3 Å². The van der Waals surface area contributed by atoms with Gasteiger partial charge < -0.3 is 15.8 Å². The Balaban J connectivity index is 1.69. The van der Waals surface area contributed by atoms with Crippen molar-refractivity contribution in [3.63, 3.8) is 0 Å². The van der Waals surface area contributed by atoms with Crippen molar-refractivity contribution >= 4 is 5.96 Å². The van der Waals surface area contributed by atoms with Crippen LogP contribution in [0.5, 0.6) is 5.75 Å². The van der Waals surface area contributed by atoms with Gasteiger partial charge >= 0.3 is 0 Å². The van der Waals surface area contributed by atoms with Crippen molar-refractivity contribution in [3.8, 4) is 5.75 Å². The number of benzene rings is 1. The topological polar surface area (TPSA) is 59.6 Å². The Morgan fingerprint density at radius 1 is 1.47 bits per heavy atom. The number of ether oxygens (including phenoxy) is 1. The third kappa shape index (κ3) is 2.67. The second-order valence-electron chi connectivity index (χ2n) is 5.36. The second kappa shape index (κ2) is 5.11. The van der Waals surface area contributed by atoms with E-state index in [4.69, 9.17) is 10.5 Å². The summed E-state index contributed by atoms with van der Waals surface area (Å²) in [5.74, 6) is 2.28. The van der Waals surface area contributed by atoms with Crippen molar-refractivity contribution in [3.05, 3.63) is 29.8 Å². The Bertz CT molecular complexity index is 486. The minimum atomic E-state index is 0.122. The third-order valence-electron chi connectivity index (χ3n) is 4.00. The molecule has 1 aliphatic carbocycles. The summed E-state index contributed by atoms with van der Waals surface area (Å²) in [6.45, 7) is 2.92. The average molecular weight is 259 g/mol. The zero-order valence-electron chi connectivity index (χ0n) is 11.3. The van der Waals surface area contributed by atoms with Crippen LogP contribution in [0.15, 0.2) is 29.3 Å². The summed E-state index contributed by atoms with van der Waals surface area (Å²) in [7, 11) is 0. The van der Waals surface area contributed by atoms with Gasteiger partial charge in [-0.25, -0.2) is 4.99 Å². The van der Waals surface area contributed by atoms with Crippen molar-refractivity contribution < 1.29 is 4.74 Å². The molecule has 1 aromatic carbocycles. The van der Waals surface area contributed by atoms with Gasteiger partial charge in [0.25, 0.3) is 0 Å². The van der Waals surface area contributed by atoms with Crippen LogP contribution in [0.25, 0.3) is 0 Å². The maximum Gasteiger partial charge on any atom is 0.189 e. The van der Waals surface area contributed by atoms with Crippen LogP contribution >= 0.6 is 0 Å². The Morgan fingerprint density at radius 2 is 2.32 bits per heavy atom. The largest absolute Gasteiger partial charge is 0.493 e. The van der Waals surface area contributed by atoms with Gasteiger partial charge in [0.2, 0.25) is 0 Å². The predicted molar refractivity (Wildman–Crippen MR) is 76.2 cm³/mol. The molecule has 0 bridgehead atoms. The number of rotatable bonds is 3. The summed E-state index contributed by atoms with van der Waals surface area (Å²) in [5, 5.41) is 3.32. The fraction of sp³-hybridized carbons (Fsp3) is 0.533. The number of nitrogens with zero attached hydrogens (tertiary/aromatic N) is 1. The molecule has 0 radical (unpaired) electrons. The van der Waals surface area contributed by atoms with Crippen LogP contribution in [0.1, 0.15) is 37.8 Å². The number of hydrogen-bond donors (Lipinski definition) is 2. The molecule has 1 fully saturated rings. The summed E-state index contributed by atoms with van der Waals surface area (Å²) < 4.78 is 5.63. The highest BCUT2D eigenvalue weighted by molar-refractivity contribution is 5.79. The fourth-order valence-electron chi connectivity index (χ4n) is 2.73. The van der Waals surface area contributed by atoms with Gasteiger partial charge in [0.1, 0.15) is 5.75 Å². The number of guanidine groups is 1. The molecule has 1 aliphatic heterocycles. The molecule has 0 aromatic heterocycles. The van der Waals surface area contributed by atoms with E-state index < -0.39 is 0 Å². The van der Waals surface area contributed by atoms with Crippen LogP contribution in [0.2, 0.25) is 0 Å². The summed E-state index contributed by atoms with van der Waals surface area (Å²) in [4.78, 5) is 4.63. The van der Waals surface area contributed by atoms with Crippen molar-refractivity contribution in [2.45, 2.75) is 38.3 Å². The van der Waals surface area contributed by atoms with Crippen LogP contribution < -0.4 is 15.8 Å². The van der Waals surface area contributed by atoms with E-state index in [1.807, 2.05) is 18.2 Å². The SMILES string of the molecule is CC[C@@H]1C[C@H]1NC(N)=NC1CCOc2ccccc21. The first kappa shape index (κ1) is 12.3. The molecule has 0 amide bonds. The number of nitrogens with two attached hydrogens (primary N) is 1. The van der Waals surface area contributed by atoms with Crippen molar-refractivity contribution in [1.29, 1.82) is 0 Å². The smallest absolute Gasteiger partial charge is 0.189 e. The van der Waals surface area contributed by atoms with E-state index in [0.29, 0.717) is 18.6 Å². The summed E-state index contributed by atoms with van der Waals surface area (Å²) >= 11 is 0. The van der Waals surface area contributed by atoms with Gasteiger partial charge in [-0.3, -0.25) is 0 Å². The molecular formula is C15H21N3O. The molecule has 19 heavy (non-hydrogen) atoms. The van der Waals surface area contributed by atoms with Gasteiger partial charge in [-0.2, -0.15) is 0 Å². The Morgan fingerprint density at radius 3 is 3.11 bits per heavy atom. The molecule has 3 N–H and O–H groups in total. The highest BCUT2D eigenvalue weighted by Crippen LogP contribution is 2.35. The molecule has 0 spiro atoms. The lowest BCUT2D eigenvalue weighted by atomic mass is 10.0. The lowest BCUT2D eigenvalue weighted by molar-refractivity contribution is 0.269. The predicted octanol–water partition coefficient (Wildman–Crippen LogP) is 2.21. The second-order valence-corrected chi connectivity index (χ2v) is 5.36. The van der Waals surface area contributed by atoms with Crippen LogP contribution in [0.3, 0.4) is 0 Å². The Hall–Kier alpha value is -1.71. The van der Waals surface area contributed by atoms with Gasteiger partial charge in [-0.1, -0.05) is 31.5 Å². The molecule has 1 saturated carbocycles. The zero-order chi connectivity index (χ0) is 13.2. The molecule has 2 aliphatic rings. The number of aliphatic imine (C=N–C) groups is 1. The first-order valence-electron chi connectivity index (χ1n) is 7.09. The molecule has 102 valence electrons. The van der Waals surface area contributed by atoms with E-state index in [9.17, 15) is 0 Å². The van der Waals surface area contributed by atoms with Crippen LogP contribution in [-0.4, -0.2) is 18.6 Å². The normalized spacial score (nSPS) is 29.3. The molecule has 3 atom stereocenters. The Kier molecular flexibility index (Phi) is 3.32. The first-order chi connectivity index (χ1) is 9.28. The minimum absolute atomic E-state index is 0.122. The Labute approximate surface area is 114 Å². The van der Waals surface area contributed by atoms with Gasteiger partial charge in [0.15, 0.2) is 5.96 Å². The number of hydrogen-bond acceptors (Lipinski definition) is 2. The molecule has 0 saturated heterocycles. The first-order valence-corrected chi connectivity index (χ1v) is 7.09. The monoisotopic (exact) mass is 259 g/mol.